The second kappa shape index (κ2) is 8.09. The van der Waals surface area contributed by atoms with Gasteiger partial charge in [0.05, 0.1) is 16.6 Å². The molecule has 5 nitrogen and oxygen atoms in total. The fourth-order valence-corrected chi connectivity index (χ4v) is 1.80. The van der Waals surface area contributed by atoms with Gasteiger partial charge in [0.1, 0.15) is 0 Å². The van der Waals surface area contributed by atoms with Crippen molar-refractivity contribution >= 4 is 41.5 Å². The lowest BCUT2D eigenvalue weighted by Gasteiger charge is -2.17. The Morgan fingerprint density at radius 1 is 1.40 bits per heavy atom. The lowest BCUT2D eigenvalue weighted by atomic mass is 9.99. The average Bonchev–Trinajstić information content (AvgIpc) is 2.36. The summed E-state index contributed by atoms with van der Waals surface area (Å²) >= 11 is 5.89. The number of nitrogens with two attached hydrogens (primary N) is 2. The number of benzene rings is 1. The molecule has 0 aromatic heterocycles. The van der Waals surface area contributed by atoms with Crippen molar-refractivity contribution < 1.29 is 9.59 Å². The molecule has 2 unspecified atom stereocenters. The van der Waals surface area contributed by atoms with Crippen molar-refractivity contribution in [3.63, 3.8) is 0 Å². The van der Waals surface area contributed by atoms with Crippen LogP contribution in [0, 0.1) is 5.92 Å². The normalized spacial score (nSPS) is 13.0. The second-order valence-electron chi connectivity index (χ2n) is 4.46. The number of hydrogen-bond donors (Lipinski definition) is 3. The zero-order valence-corrected chi connectivity index (χ0v) is 12.9. The molecule has 0 bridgehead atoms. The third-order valence-corrected chi connectivity index (χ3v) is 3.37. The number of carbonyl (C=O) groups is 2. The molecular formula is C13H19Cl2N3O2. The van der Waals surface area contributed by atoms with Gasteiger partial charge in [-0.2, -0.15) is 0 Å². The van der Waals surface area contributed by atoms with Crippen molar-refractivity contribution in [2.45, 2.75) is 26.3 Å². The van der Waals surface area contributed by atoms with Gasteiger partial charge in [-0.3, -0.25) is 9.59 Å². The van der Waals surface area contributed by atoms with E-state index >= 15 is 0 Å². The summed E-state index contributed by atoms with van der Waals surface area (Å²) < 4.78 is 0. The van der Waals surface area contributed by atoms with E-state index in [1.165, 1.54) is 12.1 Å². The monoisotopic (exact) mass is 319 g/mol. The van der Waals surface area contributed by atoms with Gasteiger partial charge in [-0.05, 0) is 24.1 Å². The van der Waals surface area contributed by atoms with Crippen LogP contribution in [0.3, 0.4) is 0 Å². The maximum absolute atomic E-state index is 11.9. The van der Waals surface area contributed by atoms with E-state index in [1.54, 1.807) is 6.07 Å². The van der Waals surface area contributed by atoms with Gasteiger partial charge in [-0.15, -0.1) is 12.4 Å². The van der Waals surface area contributed by atoms with E-state index in [-0.39, 0.29) is 34.8 Å². The van der Waals surface area contributed by atoms with Crippen molar-refractivity contribution in [2.24, 2.45) is 17.4 Å². The van der Waals surface area contributed by atoms with Gasteiger partial charge in [-0.25, -0.2) is 0 Å². The van der Waals surface area contributed by atoms with Crippen molar-refractivity contribution in [1.29, 1.82) is 0 Å². The Labute approximate surface area is 129 Å². The summed E-state index contributed by atoms with van der Waals surface area (Å²) in [5.74, 6) is -0.809. The summed E-state index contributed by atoms with van der Waals surface area (Å²) in [6.45, 7) is 3.88. The second-order valence-corrected chi connectivity index (χ2v) is 4.87. The van der Waals surface area contributed by atoms with Gasteiger partial charge in [0.25, 0.3) is 0 Å². The van der Waals surface area contributed by atoms with Crippen LogP contribution < -0.4 is 16.8 Å². The number of anilines is 1. The molecule has 112 valence electrons. The number of carbonyl (C=O) groups excluding carboxylic acids is 2. The Morgan fingerprint density at radius 3 is 2.45 bits per heavy atom. The Kier molecular flexibility index (Phi) is 7.57. The topological polar surface area (TPSA) is 98.2 Å². The molecule has 0 aliphatic heterocycles. The predicted octanol–water partition coefficient (Wildman–Crippen LogP) is 2.17. The van der Waals surface area contributed by atoms with Crippen molar-refractivity contribution in [1.82, 2.24) is 0 Å². The number of halogens is 2. The van der Waals surface area contributed by atoms with Gasteiger partial charge in [0.15, 0.2) is 0 Å². The molecule has 2 atom stereocenters. The minimum Gasteiger partial charge on any atom is -0.366 e. The van der Waals surface area contributed by atoms with E-state index in [0.29, 0.717) is 5.69 Å². The van der Waals surface area contributed by atoms with Crippen LogP contribution in [0.2, 0.25) is 5.02 Å². The van der Waals surface area contributed by atoms with Crippen molar-refractivity contribution in [2.75, 3.05) is 5.32 Å². The summed E-state index contributed by atoms with van der Waals surface area (Å²) in [6, 6.07) is 3.92. The molecule has 1 rings (SSSR count). The van der Waals surface area contributed by atoms with Gasteiger partial charge < -0.3 is 16.8 Å². The van der Waals surface area contributed by atoms with Crippen LogP contribution in [0.1, 0.15) is 30.6 Å². The Hall–Kier alpha value is -1.30. The first kappa shape index (κ1) is 18.7. The maximum Gasteiger partial charge on any atom is 0.250 e. The minimum absolute atomic E-state index is 0. The Morgan fingerprint density at radius 2 is 2.00 bits per heavy atom. The van der Waals surface area contributed by atoms with Gasteiger partial charge in [-0.1, -0.05) is 31.9 Å². The van der Waals surface area contributed by atoms with Crippen LogP contribution >= 0.6 is 24.0 Å². The van der Waals surface area contributed by atoms with Gasteiger partial charge >= 0.3 is 0 Å². The van der Waals surface area contributed by atoms with E-state index in [2.05, 4.69) is 5.32 Å². The molecule has 5 N–H and O–H groups in total. The molecule has 0 aliphatic rings. The number of nitrogens with one attached hydrogen (secondary N) is 1. The Balaban J connectivity index is 0.00000361. The highest BCUT2D eigenvalue weighted by atomic mass is 35.5. The summed E-state index contributed by atoms with van der Waals surface area (Å²) in [5, 5.41) is 2.86. The van der Waals surface area contributed by atoms with Crippen molar-refractivity contribution in [3.05, 3.63) is 28.8 Å². The fourth-order valence-electron chi connectivity index (χ4n) is 1.53. The summed E-state index contributed by atoms with van der Waals surface area (Å²) in [6.07, 6.45) is 0.815. The highest BCUT2D eigenvalue weighted by Gasteiger charge is 2.19. The molecule has 2 amide bonds. The third-order valence-electron chi connectivity index (χ3n) is 3.06. The van der Waals surface area contributed by atoms with E-state index in [0.717, 1.165) is 6.42 Å². The van der Waals surface area contributed by atoms with E-state index in [9.17, 15) is 9.59 Å². The SMILES string of the molecule is CCC(C)C(N)C(=O)Nc1ccc(C(N)=O)c(Cl)c1.Cl. The van der Waals surface area contributed by atoms with E-state index in [1.807, 2.05) is 13.8 Å². The number of amides is 2. The largest absolute Gasteiger partial charge is 0.366 e. The van der Waals surface area contributed by atoms with Crippen LogP contribution in [0.15, 0.2) is 18.2 Å². The first-order valence-electron chi connectivity index (χ1n) is 6.02. The van der Waals surface area contributed by atoms with Gasteiger partial charge in [0.2, 0.25) is 11.8 Å². The zero-order chi connectivity index (χ0) is 14.6. The molecule has 7 heteroatoms. The number of primary amides is 1. The lowest BCUT2D eigenvalue weighted by molar-refractivity contribution is -0.118. The summed E-state index contributed by atoms with van der Waals surface area (Å²) in [4.78, 5) is 22.9. The Bertz CT molecular complexity index is 495. The number of hydrogen-bond acceptors (Lipinski definition) is 3. The number of rotatable bonds is 5. The molecule has 0 radical (unpaired) electrons. The van der Waals surface area contributed by atoms with E-state index < -0.39 is 11.9 Å². The molecule has 0 spiro atoms. The highest BCUT2D eigenvalue weighted by molar-refractivity contribution is 6.34. The first-order chi connectivity index (χ1) is 8.86. The zero-order valence-electron chi connectivity index (χ0n) is 11.4. The fraction of sp³-hybridized carbons (Fsp3) is 0.385. The molecular weight excluding hydrogens is 301 g/mol. The average molecular weight is 320 g/mol. The maximum atomic E-state index is 11.9. The molecule has 20 heavy (non-hydrogen) atoms. The molecule has 0 heterocycles. The highest BCUT2D eigenvalue weighted by Crippen LogP contribution is 2.21. The van der Waals surface area contributed by atoms with Crippen LogP contribution in [0.4, 0.5) is 5.69 Å². The van der Waals surface area contributed by atoms with Crippen molar-refractivity contribution in [3.8, 4) is 0 Å². The van der Waals surface area contributed by atoms with Crippen LogP contribution in [0.5, 0.6) is 0 Å². The smallest absolute Gasteiger partial charge is 0.250 e. The molecule has 1 aromatic rings. The first-order valence-corrected chi connectivity index (χ1v) is 6.40. The summed E-state index contributed by atoms with van der Waals surface area (Å²) in [7, 11) is 0. The van der Waals surface area contributed by atoms with E-state index in [4.69, 9.17) is 23.1 Å². The molecule has 0 saturated carbocycles. The quantitative estimate of drug-likeness (QED) is 0.775. The lowest BCUT2D eigenvalue weighted by Crippen LogP contribution is -2.40. The van der Waals surface area contributed by atoms with Crippen LogP contribution in [-0.2, 0) is 4.79 Å². The predicted molar refractivity (Wildman–Crippen MR) is 83.3 cm³/mol. The summed E-state index contributed by atoms with van der Waals surface area (Å²) in [5.41, 5.74) is 11.7. The standard InChI is InChI=1S/C13H18ClN3O2.ClH/c1-3-7(2)11(15)13(19)17-8-4-5-9(12(16)18)10(14)6-8;/h4-7,11H,3,15H2,1-2H3,(H2,16,18)(H,17,19);1H. The molecule has 1 aromatic carbocycles. The molecule has 0 aliphatic carbocycles. The van der Waals surface area contributed by atoms with Crippen LogP contribution in [-0.4, -0.2) is 17.9 Å². The molecule has 0 saturated heterocycles. The van der Waals surface area contributed by atoms with Gasteiger partial charge in [0, 0.05) is 5.69 Å². The minimum atomic E-state index is -0.612. The molecule has 0 fully saturated rings. The van der Waals surface area contributed by atoms with Crippen LogP contribution in [0.25, 0.3) is 0 Å². The third kappa shape index (κ3) is 4.67.